The highest BCUT2D eigenvalue weighted by Gasteiger charge is 2.57. The topological polar surface area (TPSA) is 66.8 Å². The Kier molecular flexibility index (Phi) is 4.16. The number of benzene rings is 1. The zero-order valence-corrected chi connectivity index (χ0v) is 15.1. The summed E-state index contributed by atoms with van der Waals surface area (Å²) in [5, 5.41) is 20.7. The van der Waals surface area contributed by atoms with E-state index in [0.717, 1.165) is 32.1 Å². The Bertz CT molecular complexity index is 684. The van der Waals surface area contributed by atoms with Crippen LogP contribution in [-0.2, 0) is 11.2 Å². The SMILES string of the molecule is CCC(=O)Oc1ccc2c(c1)CCC1C2CC[C@@]2(C)C1C[C@@H](O)[C@@H]2O. The van der Waals surface area contributed by atoms with Gasteiger partial charge < -0.3 is 14.9 Å². The molecule has 0 aromatic heterocycles. The molecule has 2 saturated carbocycles. The van der Waals surface area contributed by atoms with E-state index in [2.05, 4.69) is 13.0 Å². The summed E-state index contributed by atoms with van der Waals surface area (Å²) in [6.45, 7) is 3.96. The van der Waals surface area contributed by atoms with E-state index in [9.17, 15) is 15.0 Å². The fourth-order valence-corrected chi connectivity index (χ4v) is 5.81. The lowest BCUT2D eigenvalue weighted by atomic mass is 9.55. The van der Waals surface area contributed by atoms with Gasteiger partial charge in [-0.3, -0.25) is 4.79 Å². The maximum Gasteiger partial charge on any atom is 0.310 e. The first-order valence-electron chi connectivity index (χ1n) is 9.63. The normalized spacial score (nSPS) is 39.3. The molecule has 2 N–H and O–H groups in total. The molecule has 0 heterocycles. The Morgan fingerprint density at radius 3 is 2.88 bits per heavy atom. The molecule has 0 radical (unpaired) electrons. The molecule has 0 amide bonds. The highest BCUT2D eigenvalue weighted by atomic mass is 16.5. The molecule has 3 aliphatic carbocycles. The molecule has 0 spiro atoms. The molecule has 0 saturated heterocycles. The quantitative estimate of drug-likeness (QED) is 0.639. The van der Waals surface area contributed by atoms with E-state index < -0.39 is 12.2 Å². The molecule has 2 fully saturated rings. The molecule has 136 valence electrons. The van der Waals surface area contributed by atoms with Gasteiger partial charge in [0.15, 0.2) is 0 Å². The summed E-state index contributed by atoms with van der Waals surface area (Å²) in [5.74, 6) is 1.87. The number of hydrogen-bond donors (Lipinski definition) is 2. The van der Waals surface area contributed by atoms with Crippen molar-refractivity contribution in [2.75, 3.05) is 0 Å². The average molecular weight is 344 g/mol. The number of aliphatic hydroxyl groups excluding tert-OH is 2. The summed E-state index contributed by atoms with van der Waals surface area (Å²) < 4.78 is 5.37. The summed E-state index contributed by atoms with van der Waals surface area (Å²) in [5.41, 5.74) is 2.53. The fraction of sp³-hybridized carbons (Fsp3) is 0.667. The van der Waals surface area contributed by atoms with Crippen molar-refractivity contribution in [2.24, 2.45) is 17.3 Å². The van der Waals surface area contributed by atoms with Crippen LogP contribution in [0.2, 0.25) is 0 Å². The Labute approximate surface area is 149 Å². The van der Waals surface area contributed by atoms with Crippen molar-refractivity contribution in [3.63, 3.8) is 0 Å². The second kappa shape index (κ2) is 6.10. The lowest BCUT2D eigenvalue weighted by Gasteiger charge is -2.49. The van der Waals surface area contributed by atoms with Gasteiger partial charge in [-0.15, -0.1) is 0 Å². The smallest absolute Gasteiger partial charge is 0.310 e. The van der Waals surface area contributed by atoms with Crippen molar-refractivity contribution in [1.82, 2.24) is 0 Å². The van der Waals surface area contributed by atoms with Crippen molar-refractivity contribution in [3.05, 3.63) is 29.3 Å². The van der Waals surface area contributed by atoms with E-state index >= 15 is 0 Å². The van der Waals surface area contributed by atoms with Crippen LogP contribution in [0.4, 0.5) is 0 Å². The van der Waals surface area contributed by atoms with Crippen LogP contribution in [0.1, 0.15) is 63.0 Å². The van der Waals surface area contributed by atoms with E-state index in [-0.39, 0.29) is 11.4 Å². The summed E-state index contributed by atoms with van der Waals surface area (Å²) in [7, 11) is 0. The predicted molar refractivity (Wildman–Crippen MR) is 94.4 cm³/mol. The number of fused-ring (bicyclic) bond motifs is 5. The lowest BCUT2D eigenvalue weighted by Crippen LogP contribution is -2.44. The summed E-state index contributed by atoms with van der Waals surface area (Å²) in [6, 6.07) is 6.08. The molecule has 3 aliphatic rings. The van der Waals surface area contributed by atoms with Gasteiger partial charge in [0.05, 0.1) is 12.2 Å². The van der Waals surface area contributed by atoms with E-state index in [1.807, 2.05) is 12.1 Å². The first kappa shape index (κ1) is 17.0. The first-order chi connectivity index (χ1) is 11.9. The Morgan fingerprint density at radius 1 is 1.32 bits per heavy atom. The van der Waals surface area contributed by atoms with Gasteiger partial charge in [-0.2, -0.15) is 0 Å². The van der Waals surface area contributed by atoms with E-state index in [0.29, 0.717) is 29.9 Å². The molecule has 4 heteroatoms. The third-order valence-corrected chi connectivity index (χ3v) is 7.19. The minimum Gasteiger partial charge on any atom is -0.427 e. The van der Waals surface area contributed by atoms with Gasteiger partial charge in [0.2, 0.25) is 0 Å². The third kappa shape index (κ3) is 2.61. The van der Waals surface area contributed by atoms with Crippen LogP contribution in [0.25, 0.3) is 0 Å². The minimum absolute atomic E-state index is 0.144. The number of carbonyl (C=O) groups excluding carboxylic acids is 1. The summed E-state index contributed by atoms with van der Waals surface area (Å²) >= 11 is 0. The molecule has 1 aromatic rings. The number of hydrogen-bond acceptors (Lipinski definition) is 4. The Hall–Kier alpha value is -1.39. The van der Waals surface area contributed by atoms with Crippen LogP contribution >= 0.6 is 0 Å². The Morgan fingerprint density at radius 2 is 2.12 bits per heavy atom. The van der Waals surface area contributed by atoms with Gasteiger partial charge in [0, 0.05) is 6.42 Å². The van der Waals surface area contributed by atoms with Gasteiger partial charge in [0.25, 0.3) is 0 Å². The molecule has 3 unspecified atom stereocenters. The molecular weight excluding hydrogens is 316 g/mol. The molecule has 4 rings (SSSR count). The van der Waals surface area contributed by atoms with Crippen molar-refractivity contribution < 1.29 is 19.7 Å². The maximum absolute atomic E-state index is 11.5. The second-order valence-corrected chi connectivity index (χ2v) is 8.40. The number of rotatable bonds is 2. The highest BCUT2D eigenvalue weighted by Crippen LogP contribution is 2.60. The van der Waals surface area contributed by atoms with Crippen LogP contribution in [0, 0.1) is 17.3 Å². The van der Waals surface area contributed by atoms with E-state index in [4.69, 9.17) is 4.74 Å². The zero-order valence-electron chi connectivity index (χ0n) is 15.1. The predicted octanol–water partition coefficient (Wildman–Crippen LogP) is 3.19. The largest absolute Gasteiger partial charge is 0.427 e. The number of ether oxygens (including phenoxy) is 1. The van der Waals surface area contributed by atoms with E-state index in [1.54, 1.807) is 6.92 Å². The van der Waals surface area contributed by atoms with Crippen molar-refractivity contribution in [1.29, 1.82) is 0 Å². The molecule has 4 nitrogen and oxygen atoms in total. The van der Waals surface area contributed by atoms with Gasteiger partial charge in [-0.1, -0.05) is 19.9 Å². The zero-order chi connectivity index (χ0) is 17.8. The average Bonchev–Trinajstić information content (AvgIpc) is 2.85. The van der Waals surface area contributed by atoms with Gasteiger partial charge in [-0.25, -0.2) is 0 Å². The number of aliphatic hydroxyl groups is 2. The van der Waals surface area contributed by atoms with Crippen LogP contribution in [-0.4, -0.2) is 28.4 Å². The molecule has 1 aromatic carbocycles. The number of aryl methyl sites for hydroxylation is 1. The fourth-order valence-electron chi connectivity index (χ4n) is 5.81. The molecule has 6 atom stereocenters. The third-order valence-electron chi connectivity index (χ3n) is 7.19. The van der Waals surface area contributed by atoms with Gasteiger partial charge in [-0.05, 0) is 78.5 Å². The van der Waals surface area contributed by atoms with E-state index in [1.165, 1.54) is 11.1 Å². The Balaban J connectivity index is 1.61. The van der Waals surface area contributed by atoms with Crippen LogP contribution in [0.3, 0.4) is 0 Å². The van der Waals surface area contributed by atoms with Crippen molar-refractivity contribution in [2.45, 2.75) is 70.5 Å². The van der Waals surface area contributed by atoms with Crippen LogP contribution < -0.4 is 4.74 Å². The summed E-state index contributed by atoms with van der Waals surface area (Å²) in [4.78, 5) is 11.5. The van der Waals surface area contributed by atoms with Crippen LogP contribution in [0.15, 0.2) is 18.2 Å². The second-order valence-electron chi connectivity index (χ2n) is 8.40. The van der Waals surface area contributed by atoms with Crippen molar-refractivity contribution in [3.8, 4) is 5.75 Å². The first-order valence-corrected chi connectivity index (χ1v) is 9.63. The number of carbonyl (C=O) groups is 1. The molecule has 0 bridgehead atoms. The molecule has 0 aliphatic heterocycles. The van der Waals surface area contributed by atoms with Gasteiger partial charge in [0.1, 0.15) is 5.75 Å². The van der Waals surface area contributed by atoms with Crippen LogP contribution in [0.5, 0.6) is 5.75 Å². The highest BCUT2D eigenvalue weighted by molar-refractivity contribution is 5.72. The lowest BCUT2D eigenvalue weighted by molar-refractivity contribution is -0.134. The number of esters is 1. The van der Waals surface area contributed by atoms with Crippen molar-refractivity contribution >= 4 is 5.97 Å². The standard InChI is InChI=1S/C21H28O4/c1-3-19(23)25-13-5-7-14-12(10-13)4-6-16-15(14)8-9-21(2)17(16)11-18(22)20(21)24/h5,7,10,15-18,20,22,24H,3-4,6,8-9,11H2,1-2H3/t15?,16?,17?,18-,20+,21+/m1/s1. The minimum atomic E-state index is -0.587. The summed E-state index contributed by atoms with van der Waals surface area (Å²) in [6.07, 6.45) is 4.02. The maximum atomic E-state index is 11.5. The molecule has 25 heavy (non-hydrogen) atoms. The monoisotopic (exact) mass is 344 g/mol. The van der Waals surface area contributed by atoms with Gasteiger partial charge >= 0.3 is 5.97 Å². The molecular formula is C21H28O4.